The van der Waals surface area contributed by atoms with Crippen LogP contribution in [-0.4, -0.2) is 4.98 Å². The molecule has 1 aromatic rings. The van der Waals surface area contributed by atoms with Gasteiger partial charge in [0.1, 0.15) is 0 Å². The molecule has 0 amide bonds. The molecule has 1 heteroatoms. The highest BCUT2D eigenvalue weighted by Gasteiger charge is 2.11. The zero-order valence-electron chi connectivity index (χ0n) is 9.26. The van der Waals surface area contributed by atoms with Crippen molar-refractivity contribution in [3.05, 3.63) is 29.1 Å². The molecule has 0 aliphatic rings. The second kappa shape index (κ2) is 3.91. The van der Waals surface area contributed by atoms with Crippen molar-refractivity contribution >= 4 is 0 Å². The summed E-state index contributed by atoms with van der Waals surface area (Å²) in [5.41, 5.74) is 3.84. The summed E-state index contributed by atoms with van der Waals surface area (Å²) >= 11 is 0. The second-order valence-electron chi connectivity index (χ2n) is 4.23. The predicted octanol–water partition coefficient (Wildman–Crippen LogP) is 3.46. The van der Waals surface area contributed by atoms with Crippen LogP contribution in [0.3, 0.4) is 0 Å². The molecule has 72 valence electrons. The Morgan fingerprint density at radius 1 is 1.08 bits per heavy atom. The van der Waals surface area contributed by atoms with Gasteiger partial charge in [-0.25, -0.2) is 0 Å². The van der Waals surface area contributed by atoms with Gasteiger partial charge in [-0.1, -0.05) is 20.8 Å². The maximum Gasteiger partial charge on any atom is 0.0437 e. The summed E-state index contributed by atoms with van der Waals surface area (Å²) in [6.07, 6.45) is 1.98. The Labute approximate surface area is 81.2 Å². The van der Waals surface area contributed by atoms with E-state index in [1.54, 1.807) is 0 Å². The Hall–Kier alpha value is -0.850. The summed E-state index contributed by atoms with van der Waals surface area (Å²) in [4.78, 5) is 4.46. The summed E-state index contributed by atoms with van der Waals surface area (Å²) in [7, 11) is 0. The largest absolute Gasteiger partial charge is 0.261 e. The van der Waals surface area contributed by atoms with Crippen LogP contribution in [0.5, 0.6) is 0 Å². The highest BCUT2D eigenvalue weighted by molar-refractivity contribution is 5.25. The molecule has 1 heterocycles. The van der Waals surface area contributed by atoms with E-state index in [0.29, 0.717) is 11.8 Å². The number of rotatable bonds is 2. The fourth-order valence-corrected chi connectivity index (χ4v) is 1.24. The van der Waals surface area contributed by atoms with Crippen LogP contribution < -0.4 is 0 Å². The molecule has 1 unspecified atom stereocenters. The van der Waals surface area contributed by atoms with Crippen LogP contribution in [0, 0.1) is 19.8 Å². The third kappa shape index (κ3) is 2.30. The molecule has 13 heavy (non-hydrogen) atoms. The molecule has 0 bridgehead atoms. The van der Waals surface area contributed by atoms with E-state index in [9.17, 15) is 0 Å². The lowest BCUT2D eigenvalue weighted by atomic mass is 9.93. The van der Waals surface area contributed by atoms with Crippen LogP contribution in [0.4, 0.5) is 0 Å². The maximum atomic E-state index is 4.46. The molecule has 0 aliphatic carbocycles. The van der Waals surface area contributed by atoms with E-state index < -0.39 is 0 Å². The Bertz CT molecular complexity index is 289. The zero-order valence-corrected chi connectivity index (χ0v) is 9.26. The van der Waals surface area contributed by atoms with Crippen molar-refractivity contribution in [3.8, 4) is 0 Å². The first kappa shape index (κ1) is 10.2. The SMILES string of the molecule is Cc1cnc(C(C)C(C)C)cc1C. The molecule has 1 rings (SSSR count). The lowest BCUT2D eigenvalue weighted by molar-refractivity contribution is 0.523. The first-order valence-electron chi connectivity index (χ1n) is 4.95. The Morgan fingerprint density at radius 2 is 1.69 bits per heavy atom. The molecule has 0 saturated heterocycles. The Kier molecular flexibility index (Phi) is 3.07. The molecule has 1 atom stereocenters. The summed E-state index contributed by atoms with van der Waals surface area (Å²) in [5, 5.41) is 0. The number of aromatic nitrogens is 1. The molecule has 0 aromatic carbocycles. The molecular weight excluding hydrogens is 158 g/mol. The smallest absolute Gasteiger partial charge is 0.0437 e. The van der Waals surface area contributed by atoms with Gasteiger partial charge in [-0.15, -0.1) is 0 Å². The average molecular weight is 177 g/mol. The van der Waals surface area contributed by atoms with E-state index in [1.165, 1.54) is 16.8 Å². The summed E-state index contributed by atoms with van der Waals surface area (Å²) in [6.45, 7) is 11.0. The molecule has 0 spiro atoms. The van der Waals surface area contributed by atoms with Gasteiger partial charge in [0, 0.05) is 17.8 Å². The van der Waals surface area contributed by atoms with Crippen LogP contribution in [0.25, 0.3) is 0 Å². The van der Waals surface area contributed by atoms with Gasteiger partial charge in [0.25, 0.3) is 0 Å². The molecule has 1 aromatic heterocycles. The topological polar surface area (TPSA) is 12.9 Å². The van der Waals surface area contributed by atoms with Crippen LogP contribution in [0.1, 0.15) is 43.5 Å². The lowest BCUT2D eigenvalue weighted by Gasteiger charge is -2.15. The quantitative estimate of drug-likeness (QED) is 0.674. The van der Waals surface area contributed by atoms with Gasteiger partial charge < -0.3 is 0 Å². The number of aryl methyl sites for hydroxylation is 2. The van der Waals surface area contributed by atoms with Crippen molar-refractivity contribution in [2.45, 2.75) is 40.5 Å². The van der Waals surface area contributed by atoms with Crippen molar-refractivity contribution in [3.63, 3.8) is 0 Å². The van der Waals surface area contributed by atoms with Gasteiger partial charge in [0.05, 0.1) is 0 Å². The molecule has 0 saturated carbocycles. The number of hydrogen-bond acceptors (Lipinski definition) is 1. The number of hydrogen-bond donors (Lipinski definition) is 0. The van der Waals surface area contributed by atoms with Gasteiger partial charge in [-0.05, 0) is 37.0 Å². The lowest BCUT2D eigenvalue weighted by Crippen LogP contribution is -2.05. The fraction of sp³-hybridized carbons (Fsp3) is 0.583. The fourth-order valence-electron chi connectivity index (χ4n) is 1.24. The maximum absolute atomic E-state index is 4.46. The van der Waals surface area contributed by atoms with Crippen molar-refractivity contribution in [2.75, 3.05) is 0 Å². The van der Waals surface area contributed by atoms with Crippen LogP contribution >= 0.6 is 0 Å². The van der Waals surface area contributed by atoms with Crippen LogP contribution in [-0.2, 0) is 0 Å². The number of nitrogens with zero attached hydrogens (tertiary/aromatic N) is 1. The predicted molar refractivity (Wildman–Crippen MR) is 57.0 cm³/mol. The summed E-state index contributed by atoms with van der Waals surface area (Å²) in [6, 6.07) is 2.21. The third-order valence-corrected chi connectivity index (χ3v) is 2.86. The van der Waals surface area contributed by atoms with Gasteiger partial charge >= 0.3 is 0 Å². The molecule has 0 N–H and O–H groups in total. The Balaban J connectivity index is 2.97. The molecule has 0 radical (unpaired) electrons. The summed E-state index contributed by atoms with van der Waals surface area (Å²) in [5.74, 6) is 1.22. The number of pyridine rings is 1. The highest BCUT2D eigenvalue weighted by Crippen LogP contribution is 2.22. The first-order valence-corrected chi connectivity index (χ1v) is 4.95. The van der Waals surface area contributed by atoms with Crippen molar-refractivity contribution in [1.82, 2.24) is 4.98 Å². The molecular formula is C12H19N. The minimum absolute atomic E-state index is 0.555. The minimum atomic E-state index is 0.555. The van der Waals surface area contributed by atoms with Crippen LogP contribution in [0.2, 0.25) is 0 Å². The first-order chi connectivity index (χ1) is 6.02. The van der Waals surface area contributed by atoms with E-state index in [-0.39, 0.29) is 0 Å². The van der Waals surface area contributed by atoms with Gasteiger partial charge in [-0.3, -0.25) is 4.98 Å². The second-order valence-corrected chi connectivity index (χ2v) is 4.23. The van der Waals surface area contributed by atoms with Gasteiger partial charge in [0.2, 0.25) is 0 Å². The molecule has 0 fully saturated rings. The van der Waals surface area contributed by atoms with Crippen molar-refractivity contribution in [1.29, 1.82) is 0 Å². The van der Waals surface area contributed by atoms with E-state index in [0.717, 1.165) is 0 Å². The van der Waals surface area contributed by atoms with Crippen molar-refractivity contribution < 1.29 is 0 Å². The normalized spacial score (nSPS) is 13.4. The average Bonchev–Trinajstić information content (AvgIpc) is 2.08. The summed E-state index contributed by atoms with van der Waals surface area (Å²) < 4.78 is 0. The molecule has 1 nitrogen and oxygen atoms in total. The standard InChI is InChI=1S/C12H19N/c1-8(2)11(5)12-6-9(3)10(4)7-13-12/h6-8,11H,1-5H3. The van der Waals surface area contributed by atoms with E-state index in [4.69, 9.17) is 0 Å². The molecule has 0 aliphatic heterocycles. The minimum Gasteiger partial charge on any atom is -0.261 e. The third-order valence-electron chi connectivity index (χ3n) is 2.86. The zero-order chi connectivity index (χ0) is 10.0. The van der Waals surface area contributed by atoms with E-state index in [2.05, 4.69) is 45.7 Å². The monoisotopic (exact) mass is 177 g/mol. The highest BCUT2D eigenvalue weighted by atomic mass is 14.7. The Morgan fingerprint density at radius 3 is 2.15 bits per heavy atom. The van der Waals surface area contributed by atoms with E-state index in [1.807, 2.05) is 6.20 Å². The van der Waals surface area contributed by atoms with E-state index >= 15 is 0 Å². The van der Waals surface area contributed by atoms with Crippen LogP contribution in [0.15, 0.2) is 12.3 Å². The van der Waals surface area contributed by atoms with Crippen molar-refractivity contribution in [2.24, 2.45) is 5.92 Å². The van der Waals surface area contributed by atoms with Gasteiger partial charge in [0.15, 0.2) is 0 Å². The van der Waals surface area contributed by atoms with Gasteiger partial charge in [-0.2, -0.15) is 0 Å².